The normalized spacial score (nSPS) is 21.3. The van der Waals surface area contributed by atoms with Gasteiger partial charge in [-0.3, -0.25) is 14.5 Å². The molecular formula is C20H21N3O4. The number of nitrogens with one attached hydrogen (secondary N) is 2. The Balaban J connectivity index is 1.47. The van der Waals surface area contributed by atoms with E-state index in [4.69, 9.17) is 4.42 Å². The number of fused-ring (bicyclic) bond motifs is 1. The quantitative estimate of drug-likeness (QED) is 0.789. The maximum atomic E-state index is 13.0. The number of nitrogens with zero attached hydrogens (tertiary/aromatic N) is 1. The molecule has 2 aromatic rings. The third-order valence-corrected chi connectivity index (χ3v) is 5.29. The molecule has 0 radical (unpaired) electrons. The first kappa shape index (κ1) is 17.3. The molecule has 1 fully saturated rings. The van der Waals surface area contributed by atoms with Crippen LogP contribution in [-0.4, -0.2) is 29.3 Å². The Morgan fingerprint density at radius 3 is 2.85 bits per heavy atom. The second-order valence-electron chi connectivity index (χ2n) is 7.14. The highest BCUT2D eigenvalue weighted by Gasteiger charge is 2.49. The molecule has 0 bridgehead atoms. The largest absolute Gasteiger partial charge is 0.467 e. The zero-order chi connectivity index (χ0) is 19.0. The van der Waals surface area contributed by atoms with E-state index in [-0.39, 0.29) is 13.1 Å². The monoisotopic (exact) mass is 367 g/mol. The van der Waals surface area contributed by atoms with E-state index in [0.29, 0.717) is 5.76 Å². The van der Waals surface area contributed by atoms with Crippen molar-refractivity contribution in [2.45, 2.75) is 38.3 Å². The summed E-state index contributed by atoms with van der Waals surface area (Å²) in [7, 11) is 0. The molecule has 1 aromatic carbocycles. The van der Waals surface area contributed by atoms with Gasteiger partial charge in [-0.1, -0.05) is 18.2 Å². The number of furan rings is 1. The number of benzene rings is 1. The van der Waals surface area contributed by atoms with Crippen LogP contribution in [0.15, 0.2) is 41.0 Å². The van der Waals surface area contributed by atoms with Gasteiger partial charge in [-0.25, -0.2) is 4.79 Å². The average molecular weight is 367 g/mol. The zero-order valence-electron chi connectivity index (χ0n) is 15.1. The van der Waals surface area contributed by atoms with Crippen LogP contribution >= 0.6 is 0 Å². The number of urea groups is 1. The van der Waals surface area contributed by atoms with E-state index >= 15 is 0 Å². The molecule has 0 unspecified atom stereocenters. The minimum atomic E-state index is -1.16. The Kier molecular flexibility index (Phi) is 4.22. The van der Waals surface area contributed by atoms with Crippen molar-refractivity contribution in [2.75, 3.05) is 6.54 Å². The average Bonchev–Trinajstić information content (AvgIpc) is 3.37. The van der Waals surface area contributed by atoms with Gasteiger partial charge in [0.05, 0.1) is 12.8 Å². The number of rotatable bonds is 5. The van der Waals surface area contributed by atoms with Gasteiger partial charge in [-0.15, -0.1) is 0 Å². The van der Waals surface area contributed by atoms with E-state index < -0.39 is 23.4 Å². The molecule has 1 saturated heterocycles. The number of carbonyl (C=O) groups is 3. The van der Waals surface area contributed by atoms with Crippen molar-refractivity contribution < 1.29 is 18.8 Å². The van der Waals surface area contributed by atoms with Gasteiger partial charge >= 0.3 is 6.03 Å². The lowest BCUT2D eigenvalue weighted by atomic mass is 9.89. The van der Waals surface area contributed by atoms with Crippen LogP contribution in [0.25, 0.3) is 0 Å². The smallest absolute Gasteiger partial charge is 0.325 e. The Bertz CT molecular complexity index is 906. The summed E-state index contributed by atoms with van der Waals surface area (Å²) in [6.07, 6.45) is 4.66. The molecule has 2 aliphatic rings. The summed E-state index contributed by atoms with van der Waals surface area (Å²) in [6.45, 7) is 1.56. The van der Waals surface area contributed by atoms with Gasteiger partial charge < -0.3 is 15.1 Å². The molecule has 1 atom stereocenters. The Hall–Kier alpha value is -3.09. The van der Waals surface area contributed by atoms with Crippen LogP contribution in [0.2, 0.25) is 0 Å². The fourth-order valence-electron chi connectivity index (χ4n) is 3.72. The van der Waals surface area contributed by atoms with Gasteiger partial charge in [-0.2, -0.15) is 0 Å². The summed E-state index contributed by atoms with van der Waals surface area (Å²) in [4.78, 5) is 38.4. The van der Waals surface area contributed by atoms with Crippen LogP contribution in [0, 0.1) is 0 Å². The lowest BCUT2D eigenvalue weighted by Gasteiger charge is -2.23. The van der Waals surface area contributed by atoms with E-state index in [0.717, 1.165) is 29.7 Å². The Labute approximate surface area is 156 Å². The number of aryl methyl sites for hydroxylation is 2. The van der Waals surface area contributed by atoms with Crippen molar-refractivity contribution in [3.63, 3.8) is 0 Å². The van der Waals surface area contributed by atoms with E-state index in [9.17, 15) is 14.4 Å². The molecule has 1 aromatic heterocycles. The van der Waals surface area contributed by atoms with E-state index in [2.05, 4.69) is 10.6 Å². The summed E-state index contributed by atoms with van der Waals surface area (Å²) in [5.74, 6) is -0.241. The van der Waals surface area contributed by atoms with Gasteiger partial charge in [0.15, 0.2) is 0 Å². The number of imide groups is 1. The van der Waals surface area contributed by atoms with Crippen LogP contribution < -0.4 is 10.6 Å². The topological polar surface area (TPSA) is 91.7 Å². The molecule has 140 valence electrons. The number of hydrogen-bond acceptors (Lipinski definition) is 4. The van der Waals surface area contributed by atoms with Gasteiger partial charge in [0, 0.05) is 0 Å². The zero-order valence-corrected chi connectivity index (χ0v) is 15.1. The minimum absolute atomic E-state index is 0.206. The lowest BCUT2D eigenvalue weighted by molar-refractivity contribution is -0.134. The number of amides is 4. The molecule has 1 aliphatic carbocycles. The summed E-state index contributed by atoms with van der Waals surface area (Å²) >= 11 is 0. The van der Waals surface area contributed by atoms with Gasteiger partial charge in [0.25, 0.3) is 5.91 Å². The fourth-order valence-corrected chi connectivity index (χ4v) is 3.72. The van der Waals surface area contributed by atoms with Crippen LogP contribution in [0.5, 0.6) is 0 Å². The van der Waals surface area contributed by atoms with Crippen molar-refractivity contribution in [1.29, 1.82) is 0 Å². The van der Waals surface area contributed by atoms with E-state index in [1.807, 2.05) is 18.2 Å². The fraction of sp³-hybridized carbons (Fsp3) is 0.350. The molecule has 7 heteroatoms. The molecule has 2 heterocycles. The first-order valence-corrected chi connectivity index (χ1v) is 9.03. The number of carbonyl (C=O) groups excluding carboxylic acids is 3. The Morgan fingerprint density at radius 2 is 2.07 bits per heavy atom. The van der Waals surface area contributed by atoms with Crippen molar-refractivity contribution in [3.8, 4) is 0 Å². The standard InChI is InChI=1S/C20H21N3O4/c1-20(15-8-7-13-4-2-5-14(13)10-15)18(25)23(19(26)22-20)12-17(24)21-11-16-6-3-9-27-16/h3,6-10H,2,4-5,11-12H2,1H3,(H,21,24)(H,22,26)/t20-/m1/s1. The second kappa shape index (κ2) is 6.57. The van der Waals surface area contributed by atoms with E-state index in [1.165, 1.54) is 17.4 Å². The highest BCUT2D eigenvalue weighted by atomic mass is 16.3. The third-order valence-electron chi connectivity index (χ3n) is 5.29. The minimum Gasteiger partial charge on any atom is -0.467 e. The third kappa shape index (κ3) is 3.09. The highest BCUT2D eigenvalue weighted by Crippen LogP contribution is 2.32. The van der Waals surface area contributed by atoms with Crippen molar-refractivity contribution >= 4 is 17.8 Å². The number of hydrogen-bond donors (Lipinski definition) is 2. The van der Waals surface area contributed by atoms with E-state index in [1.54, 1.807) is 19.1 Å². The first-order chi connectivity index (χ1) is 13.0. The van der Waals surface area contributed by atoms with Gasteiger partial charge in [0.1, 0.15) is 17.8 Å². The van der Waals surface area contributed by atoms with Crippen molar-refractivity contribution in [1.82, 2.24) is 15.5 Å². The molecule has 1 aliphatic heterocycles. The predicted octanol–water partition coefficient (Wildman–Crippen LogP) is 1.85. The molecule has 7 nitrogen and oxygen atoms in total. The van der Waals surface area contributed by atoms with Crippen LogP contribution in [-0.2, 0) is 34.5 Å². The lowest BCUT2D eigenvalue weighted by Crippen LogP contribution is -2.43. The molecular weight excluding hydrogens is 346 g/mol. The van der Waals surface area contributed by atoms with Crippen LogP contribution in [0.4, 0.5) is 4.79 Å². The van der Waals surface area contributed by atoms with Crippen molar-refractivity contribution in [2.24, 2.45) is 0 Å². The molecule has 4 rings (SSSR count). The SMILES string of the molecule is C[C@]1(c2ccc3c(c2)CCC3)NC(=O)N(CC(=O)NCc2ccco2)C1=O. The van der Waals surface area contributed by atoms with Gasteiger partial charge in [0.2, 0.25) is 5.91 Å². The maximum Gasteiger partial charge on any atom is 0.325 e. The maximum absolute atomic E-state index is 13.0. The molecule has 4 amide bonds. The predicted molar refractivity (Wildman–Crippen MR) is 96.6 cm³/mol. The van der Waals surface area contributed by atoms with Crippen LogP contribution in [0.3, 0.4) is 0 Å². The molecule has 0 spiro atoms. The van der Waals surface area contributed by atoms with Crippen LogP contribution in [0.1, 0.15) is 35.8 Å². The summed E-state index contributed by atoms with van der Waals surface area (Å²) < 4.78 is 5.15. The van der Waals surface area contributed by atoms with Crippen molar-refractivity contribution in [3.05, 3.63) is 59.0 Å². The molecule has 2 N–H and O–H groups in total. The molecule has 0 saturated carbocycles. The summed E-state index contributed by atoms with van der Waals surface area (Å²) in [6, 6.07) is 8.82. The summed E-state index contributed by atoms with van der Waals surface area (Å²) in [5.41, 5.74) is 2.12. The first-order valence-electron chi connectivity index (χ1n) is 9.03. The highest BCUT2D eigenvalue weighted by molar-refractivity contribution is 6.09. The molecule has 27 heavy (non-hydrogen) atoms. The second-order valence-corrected chi connectivity index (χ2v) is 7.14. The van der Waals surface area contributed by atoms with Gasteiger partial charge in [-0.05, 0) is 55.0 Å². The Morgan fingerprint density at radius 1 is 1.26 bits per heavy atom. The summed E-state index contributed by atoms with van der Waals surface area (Å²) in [5, 5.41) is 5.40.